The van der Waals surface area contributed by atoms with Crippen LogP contribution in [0.4, 0.5) is 0 Å². The highest BCUT2D eigenvalue weighted by molar-refractivity contribution is 5.14. The van der Waals surface area contributed by atoms with Crippen LogP contribution in [-0.2, 0) is 6.42 Å². The molecule has 3 N–H and O–H groups in total. The van der Waals surface area contributed by atoms with Crippen molar-refractivity contribution in [3.63, 3.8) is 0 Å². The lowest BCUT2D eigenvalue weighted by Crippen LogP contribution is -2.45. The summed E-state index contributed by atoms with van der Waals surface area (Å²) in [5.41, 5.74) is 1.44. The Bertz CT molecular complexity index is 431. The first-order chi connectivity index (χ1) is 10.8. The zero-order chi connectivity index (χ0) is 15.2. The van der Waals surface area contributed by atoms with Crippen molar-refractivity contribution in [3.05, 3.63) is 35.9 Å². The number of nitrogens with one attached hydrogen (secondary N) is 2. The van der Waals surface area contributed by atoms with Crippen LogP contribution >= 0.6 is 0 Å². The van der Waals surface area contributed by atoms with E-state index in [9.17, 15) is 5.11 Å². The van der Waals surface area contributed by atoms with Gasteiger partial charge in [-0.1, -0.05) is 30.3 Å². The molecule has 22 heavy (non-hydrogen) atoms. The Morgan fingerprint density at radius 2 is 1.91 bits per heavy atom. The first-order valence-electron chi connectivity index (χ1n) is 8.70. The van der Waals surface area contributed by atoms with Crippen molar-refractivity contribution in [2.75, 3.05) is 39.3 Å². The molecule has 1 aromatic rings. The molecule has 2 unspecified atom stereocenters. The molecule has 122 valence electrons. The van der Waals surface area contributed by atoms with Crippen LogP contribution in [0.15, 0.2) is 30.3 Å². The van der Waals surface area contributed by atoms with Crippen LogP contribution in [-0.4, -0.2) is 61.4 Å². The van der Waals surface area contributed by atoms with Gasteiger partial charge in [-0.05, 0) is 37.9 Å². The van der Waals surface area contributed by atoms with Crippen molar-refractivity contribution in [3.8, 4) is 0 Å². The molecular formula is C18H29N3O. The highest BCUT2D eigenvalue weighted by Crippen LogP contribution is 2.13. The molecule has 4 nitrogen and oxygen atoms in total. The van der Waals surface area contributed by atoms with Crippen molar-refractivity contribution in [1.82, 2.24) is 15.5 Å². The minimum Gasteiger partial charge on any atom is -0.391 e. The fourth-order valence-corrected chi connectivity index (χ4v) is 3.54. The van der Waals surface area contributed by atoms with Crippen molar-refractivity contribution in [2.24, 2.45) is 5.92 Å². The van der Waals surface area contributed by atoms with Gasteiger partial charge in [-0.2, -0.15) is 0 Å². The molecule has 3 rings (SSSR count). The van der Waals surface area contributed by atoms with Gasteiger partial charge in [0.1, 0.15) is 0 Å². The smallest absolute Gasteiger partial charge is 0.0716 e. The summed E-state index contributed by atoms with van der Waals surface area (Å²) >= 11 is 0. The van der Waals surface area contributed by atoms with Gasteiger partial charge in [0.25, 0.3) is 0 Å². The van der Waals surface area contributed by atoms with E-state index in [1.807, 2.05) is 0 Å². The molecule has 0 aromatic heterocycles. The Balaban J connectivity index is 1.32. The number of piperidine rings is 1. The minimum atomic E-state index is -0.168. The molecule has 0 spiro atoms. The van der Waals surface area contributed by atoms with Crippen LogP contribution in [0.25, 0.3) is 0 Å². The lowest BCUT2D eigenvalue weighted by molar-refractivity contribution is 0.138. The Labute approximate surface area is 133 Å². The van der Waals surface area contributed by atoms with E-state index >= 15 is 0 Å². The first-order valence-corrected chi connectivity index (χ1v) is 8.70. The third-order valence-corrected chi connectivity index (χ3v) is 5.12. The van der Waals surface area contributed by atoms with Gasteiger partial charge in [-0.3, -0.25) is 0 Å². The van der Waals surface area contributed by atoms with Crippen LogP contribution in [0.3, 0.4) is 0 Å². The zero-order valence-corrected chi connectivity index (χ0v) is 13.4. The number of likely N-dealkylation sites (tertiary alicyclic amines) is 1. The summed E-state index contributed by atoms with van der Waals surface area (Å²) in [4.78, 5) is 2.58. The van der Waals surface area contributed by atoms with E-state index in [4.69, 9.17) is 0 Å². The Morgan fingerprint density at radius 3 is 2.59 bits per heavy atom. The molecule has 2 aliphatic rings. The maximum atomic E-state index is 9.83. The normalized spacial score (nSPS) is 27.3. The maximum absolute atomic E-state index is 9.83. The van der Waals surface area contributed by atoms with Crippen LogP contribution < -0.4 is 10.6 Å². The topological polar surface area (TPSA) is 47.5 Å². The molecule has 0 radical (unpaired) electrons. The fraction of sp³-hybridized carbons (Fsp3) is 0.667. The third kappa shape index (κ3) is 4.53. The van der Waals surface area contributed by atoms with E-state index in [1.54, 1.807) is 0 Å². The van der Waals surface area contributed by atoms with Crippen LogP contribution in [0.1, 0.15) is 18.4 Å². The molecule has 4 heteroatoms. The van der Waals surface area contributed by atoms with Gasteiger partial charge in [0.2, 0.25) is 0 Å². The average Bonchev–Trinajstić information content (AvgIpc) is 2.98. The molecule has 0 aliphatic carbocycles. The van der Waals surface area contributed by atoms with Crippen molar-refractivity contribution in [2.45, 2.75) is 31.4 Å². The highest BCUT2D eigenvalue weighted by atomic mass is 16.3. The van der Waals surface area contributed by atoms with E-state index in [0.717, 1.165) is 26.1 Å². The Hall–Kier alpha value is -0.940. The predicted octanol–water partition coefficient (Wildman–Crippen LogP) is 0.863. The quantitative estimate of drug-likeness (QED) is 0.730. The summed E-state index contributed by atoms with van der Waals surface area (Å²) in [6.45, 7) is 6.20. The van der Waals surface area contributed by atoms with Gasteiger partial charge in [0.15, 0.2) is 0 Å². The van der Waals surface area contributed by atoms with E-state index in [1.165, 1.54) is 38.0 Å². The summed E-state index contributed by atoms with van der Waals surface area (Å²) in [5, 5.41) is 16.7. The Kier molecular flexibility index (Phi) is 5.84. The summed E-state index contributed by atoms with van der Waals surface area (Å²) < 4.78 is 0. The zero-order valence-electron chi connectivity index (χ0n) is 13.4. The van der Waals surface area contributed by atoms with E-state index < -0.39 is 0 Å². The lowest BCUT2D eigenvalue weighted by Gasteiger charge is -2.33. The number of β-amino-alcohol motifs (C(OH)–C–C–N with tert-alkyl or cyclic N) is 1. The van der Waals surface area contributed by atoms with Crippen molar-refractivity contribution >= 4 is 0 Å². The minimum absolute atomic E-state index is 0.168. The first kappa shape index (κ1) is 15.9. The van der Waals surface area contributed by atoms with E-state index in [0.29, 0.717) is 12.0 Å². The van der Waals surface area contributed by atoms with Crippen LogP contribution in [0.2, 0.25) is 0 Å². The standard InChI is InChI=1S/C18H29N3O/c22-18-14-19-12-16(18)13-20-17-7-10-21(11-8-17)9-6-15-4-2-1-3-5-15/h1-5,16-20,22H,6-14H2. The molecule has 0 saturated carbocycles. The molecule has 2 atom stereocenters. The number of rotatable bonds is 6. The summed E-state index contributed by atoms with van der Waals surface area (Å²) in [5.74, 6) is 0.385. The number of aliphatic hydroxyl groups is 1. The van der Waals surface area contributed by atoms with Gasteiger partial charge in [-0.25, -0.2) is 0 Å². The predicted molar refractivity (Wildman–Crippen MR) is 90.0 cm³/mol. The summed E-state index contributed by atoms with van der Waals surface area (Å²) in [6.07, 6.45) is 3.44. The second kappa shape index (κ2) is 8.06. The van der Waals surface area contributed by atoms with Crippen LogP contribution in [0, 0.1) is 5.92 Å². The number of aliphatic hydroxyl groups excluding tert-OH is 1. The van der Waals surface area contributed by atoms with Crippen molar-refractivity contribution in [1.29, 1.82) is 0 Å². The van der Waals surface area contributed by atoms with Gasteiger partial charge in [-0.15, -0.1) is 0 Å². The maximum Gasteiger partial charge on any atom is 0.0716 e. The highest BCUT2D eigenvalue weighted by Gasteiger charge is 2.26. The van der Waals surface area contributed by atoms with E-state index in [-0.39, 0.29) is 6.10 Å². The van der Waals surface area contributed by atoms with Crippen LogP contribution in [0.5, 0.6) is 0 Å². The van der Waals surface area contributed by atoms with Gasteiger partial charge in [0.05, 0.1) is 6.10 Å². The Morgan fingerprint density at radius 1 is 1.14 bits per heavy atom. The summed E-state index contributed by atoms with van der Waals surface area (Å²) in [6, 6.07) is 11.4. The van der Waals surface area contributed by atoms with Crippen molar-refractivity contribution < 1.29 is 5.11 Å². The fourth-order valence-electron chi connectivity index (χ4n) is 3.54. The molecule has 2 heterocycles. The van der Waals surface area contributed by atoms with Gasteiger partial charge in [0, 0.05) is 38.1 Å². The molecular weight excluding hydrogens is 274 g/mol. The van der Waals surface area contributed by atoms with Gasteiger partial charge < -0.3 is 20.6 Å². The summed E-state index contributed by atoms with van der Waals surface area (Å²) in [7, 11) is 0. The average molecular weight is 303 g/mol. The number of benzene rings is 1. The molecule has 2 aliphatic heterocycles. The van der Waals surface area contributed by atoms with E-state index in [2.05, 4.69) is 45.9 Å². The molecule has 0 amide bonds. The number of hydrogen-bond acceptors (Lipinski definition) is 4. The molecule has 2 fully saturated rings. The molecule has 2 saturated heterocycles. The second-order valence-electron chi connectivity index (χ2n) is 6.75. The lowest BCUT2D eigenvalue weighted by atomic mass is 10.0. The molecule has 0 bridgehead atoms. The molecule has 1 aromatic carbocycles. The SMILES string of the molecule is OC1CNCC1CNC1CCN(CCc2ccccc2)CC1. The second-order valence-corrected chi connectivity index (χ2v) is 6.75. The largest absolute Gasteiger partial charge is 0.391 e. The number of hydrogen-bond donors (Lipinski definition) is 3. The third-order valence-electron chi connectivity index (χ3n) is 5.12. The van der Waals surface area contributed by atoms with Gasteiger partial charge >= 0.3 is 0 Å². The number of nitrogens with zero attached hydrogens (tertiary/aromatic N) is 1. The monoisotopic (exact) mass is 303 g/mol.